The SMILES string of the molecule is O=c1c2ccsc2ccn1Cc1ccoc1. The number of pyridine rings is 1. The summed E-state index contributed by atoms with van der Waals surface area (Å²) in [6, 6.07) is 5.71. The monoisotopic (exact) mass is 231 g/mol. The van der Waals surface area contributed by atoms with Gasteiger partial charge < -0.3 is 8.98 Å². The fourth-order valence-corrected chi connectivity index (χ4v) is 2.48. The van der Waals surface area contributed by atoms with Gasteiger partial charge in [0, 0.05) is 16.5 Å². The fraction of sp³-hybridized carbons (Fsp3) is 0.0833. The first-order valence-corrected chi connectivity index (χ1v) is 5.80. The van der Waals surface area contributed by atoms with E-state index in [1.54, 1.807) is 28.4 Å². The van der Waals surface area contributed by atoms with Crippen molar-refractivity contribution in [2.24, 2.45) is 0 Å². The van der Waals surface area contributed by atoms with Gasteiger partial charge in [0.1, 0.15) is 0 Å². The Morgan fingerprint density at radius 3 is 3.06 bits per heavy atom. The molecule has 0 saturated heterocycles. The Morgan fingerprint density at radius 1 is 1.31 bits per heavy atom. The lowest BCUT2D eigenvalue weighted by Crippen LogP contribution is -2.19. The van der Waals surface area contributed by atoms with Crippen LogP contribution in [0, 0.1) is 0 Å². The first kappa shape index (κ1) is 9.42. The fourth-order valence-electron chi connectivity index (χ4n) is 1.71. The van der Waals surface area contributed by atoms with E-state index in [0.717, 1.165) is 15.6 Å². The van der Waals surface area contributed by atoms with Gasteiger partial charge in [0.25, 0.3) is 5.56 Å². The van der Waals surface area contributed by atoms with Crippen molar-refractivity contribution in [2.45, 2.75) is 6.54 Å². The van der Waals surface area contributed by atoms with Crippen molar-refractivity contribution in [3.05, 3.63) is 58.2 Å². The molecular weight excluding hydrogens is 222 g/mol. The largest absolute Gasteiger partial charge is 0.472 e. The molecule has 0 aromatic carbocycles. The van der Waals surface area contributed by atoms with Crippen LogP contribution in [0.4, 0.5) is 0 Å². The number of nitrogens with zero attached hydrogens (tertiary/aromatic N) is 1. The number of furan rings is 1. The first-order valence-electron chi connectivity index (χ1n) is 4.92. The zero-order valence-electron chi connectivity index (χ0n) is 8.42. The molecule has 4 heteroatoms. The molecule has 0 fully saturated rings. The number of hydrogen-bond donors (Lipinski definition) is 0. The lowest BCUT2D eigenvalue weighted by molar-refractivity contribution is 0.561. The molecule has 3 heterocycles. The van der Waals surface area contributed by atoms with Gasteiger partial charge >= 0.3 is 0 Å². The van der Waals surface area contributed by atoms with Crippen molar-refractivity contribution < 1.29 is 4.42 Å². The third kappa shape index (κ3) is 1.47. The molecule has 0 unspecified atom stereocenters. The van der Waals surface area contributed by atoms with Crippen LogP contribution >= 0.6 is 11.3 Å². The van der Waals surface area contributed by atoms with Crippen LogP contribution in [0.2, 0.25) is 0 Å². The molecule has 3 aromatic heterocycles. The molecule has 0 amide bonds. The van der Waals surface area contributed by atoms with Gasteiger partial charge in [-0.2, -0.15) is 0 Å². The summed E-state index contributed by atoms with van der Waals surface area (Å²) in [7, 11) is 0. The lowest BCUT2D eigenvalue weighted by atomic mass is 10.3. The van der Waals surface area contributed by atoms with Crippen LogP contribution in [0.3, 0.4) is 0 Å². The summed E-state index contributed by atoms with van der Waals surface area (Å²) in [6.07, 6.45) is 5.10. The molecule has 0 N–H and O–H groups in total. The van der Waals surface area contributed by atoms with E-state index in [0.29, 0.717) is 6.54 Å². The molecule has 0 aliphatic rings. The smallest absolute Gasteiger partial charge is 0.259 e. The second kappa shape index (κ2) is 3.64. The summed E-state index contributed by atoms with van der Waals surface area (Å²) >= 11 is 1.59. The molecule has 0 atom stereocenters. The van der Waals surface area contributed by atoms with E-state index in [4.69, 9.17) is 4.42 Å². The molecular formula is C12H9NO2S. The highest BCUT2D eigenvalue weighted by atomic mass is 32.1. The van der Waals surface area contributed by atoms with E-state index in [-0.39, 0.29) is 5.56 Å². The Labute approximate surface area is 95.6 Å². The van der Waals surface area contributed by atoms with Gasteiger partial charge in [0.05, 0.1) is 24.5 Å². The standard InChI is InChI=1S/C12H9NO2S/c14-12-10-3-6-16-11(10)1-4-13(12)7-9-2-5-15-8-9/h1-6,8H,7H2. The molecule has 3 rings (SSSR count). The Hall–Kier alpha value is -1.81. The number of thiophene rings is 1. The van der Waals surface area contributed by atoms with Gasteiger partial charge in [-0.05, 0) is 23.6 Å². The van der Waals surface area contributed by atoms with Gasteiger partial charge in [-0.15, -0.1) is 11.3 Å². The summed E-state index contributed by atoms with van der Waals surface area (Å²) in [5.74, 6) is 0. The normalized spacial score (nSPS) is 11.0. The topological polar surface area (TPSA) is 35.1 Å². The van der Waals surface area contributed by atoms with E-state index >= 15 is 0 Å². The maximum Gasteiger partial charge on any atom is 0.259 e. The second-order valence-electron chi connectivity index (χ2n) is 3.58. The molecule has 3 aromatic rings. The highest BCUT2D eigenvalue weighted by Crippen LogP contribution is 2.16. The maximum atomic E-state index is 12.1. The van der Waals surface area contributed by atoms with Crippen LogP contribution < -0.4 is 5.56 Å². The zero-order chi connectivity index (χ0) is 11.0. The van der Waals surface area contributed by atoms with Crippen molar-refractivity contribution in [3.8, 4) is 0 Å². The summed E-state index contributed by atoms with van der Waals surface area (Å²) in [5.41, 5.74) is 1.05. The number of fused-ring (bicyclic) bond motifs is 1. The highest BCUT2D eigenvalue weighted by Gasteiger charge is 2.04. The molecule has 80 valence electrons. The number of aromatic nitrogens is 1. The van der Waals surface area contributed by atoms with Gasteiger partial charge in [-0.1, -0.05) is 0 Å². The van der Waals surface area contributed by atoms with Gasteiger partial charge in [0.15, 0.2) is 0 Å². The van der Waals surface area contributed by atoms with E-state index in [9.17, 15) is 4.79 Å². The van der Waals surface area contributed by atoms with Crippen molar-refractivity contribution in [1.82, 2.24) is 4.57 Å². The van der Waals surface area contributed by atoms with E-state index < -0.39 is 0 Å². The average molecular weight is 231 g/mol. The molecule has 0 aliphatic heterocycles. The van der Waals surface area contributed by atoms with Crippen LogP contribution in [0.15, 0.2) is 51.5 Å². The first-order chi connectivity index (χ1) is 7.84. The third-order valence-corrected chi connectivity index (χ3v) is 3.41. The summed E-state index contributed by atoms with van der Waals surface area (Å²) < 4.78 is 7.72. The third-order valence-electron chi connectivity index (χ3n) is 2.53. The second-order valence-corrected chi connectivity index (χ2v) is 4.53. The highest BCUT2D eigenvalue weighted by molar-refractivity contribution is 7.17. The lowest BCUT2D eigenvalue weighted by Gasteiger charge is -2.02. The quantitative estimate of drug-likeness (QED) is 0.679. The van der Waals surface area contributed by atoms with Gasteiger partial charge in [-0.3, -0.25) is 4.79 Å². The molecule has 0 spiro atoms. The Bertz CT molecular complexity index is 664. The van der Waals surface area contributed by atoms with Crippen LogP contribution in [0.25, 0.3) is 10.1 Å². The van der Waals surface area contributed by atoms with E-state index in [1.165, 1.54) is 0 Å². The molecule has 0 aliphatic carbocycles. The summed E-state index contributed by atoms with van der Waals surface area (Å²) in [5, 5.41) is 2.73. The number of rotatable bonds is 2. The van der Waals surface area contributed by atoms with E-state index in [1.807, 2.05) is 29.8 Å². The number of hydrogen-bond acceptors (Lipinski definition) is 3. The minimum Gasteiger partial charge on any atom is -0.472 e. The van der Waals surface area contributed by atoms with Gasteiger partial charge in [-0.25, -0.2) is 0 Å². The minimum absolute atomic E-state index is 0.0555. The van der Waals surface area contributed by atoms with Crippen LogP contribution in [0.5, 0.6) is 0 Å². The van der Waals surface area contributed by atoms with Crippen molar-refractivity contribution >= 4 is 21.4 Å². The Kier molecular flexibility index (Phi) is 2.15. The Balaban J connectivity index is 2.10. The van der Waals surface area contributed by atoms with Crippen LogP contribution in [0.1, 0.15) is 5.56 Å². The average Bonchev–Trinajstić information content (AvgIpc) is 2.93. The van der Waals surface area contributed by atoms with E-state index in [2.05, 4.69) is 0 Å². The molecule has 3 nitrogen and oxygen atoms in total. The minimum atomic E-state index is 0.0555. The molecule has 0 bridgehead atoms. The zero-order valence-corrected chi connectivity index (χ0v) is 9.24. The predicted octanol–water partition coefficient (Wildman–Crippen LogP) is 2.70. The van der Waals surface area contributed by atoms with Crippen molar-refractivity contribution in [3.63, 3.8) is 0 Å². The Morgan fingerprint density at radius 2 is 2.25 bits per heavy atom. The van der Waals surface area contributed by atoms with Crippen molar-refractivity contribution in [2.75, 3.05) is 0 Å². The van der Waals surface area contributed by atoms with Crippen molar-refractivity contribution in [1.29, 1.82) is 0 Å². The predicted molar refractivity (Wildman–Crippen MR) is 63.9 cm³/mol. The summed E-state index contributed by atoms with van der Waals surface area (Å²) in [4.78, 5) is 12.1. The molecule has 0 radical (unpaired) electrons. The molecule has 16 heavy (non-hydrogen) atoms. The van der Waals surface area contributed by atoms with Crippen LogP contribution in [-0.4, -0.2) is 4.57 Å². The van der Waals surface area contributed by atoms with Gasteiger partial charge in [0.2, 0.25) is 0 Å². The summed E-state index contributed by atoms with van der Waals surface area (Å²) in [6.45, 7) is 0.557. The van der Waals surface area contributed by atoms with Crippen LogP contribution in [-0.2, 0) is 6.54 Å². The maximum absolute atomic E-state index is 12.1. The molecule has 0 saturated carbocycles.